The van der Waals surface area contributed by atoms with Crippen LogP contribution < -0.4 is 15.4 Å². The van der Waals surface area contributed by atoms with E-state index in [9.17, 15) is 13.9 Å². The van der Waals surface area contributed by atoms with E-state index in [-0.39, 0.29) is 12.3 Å². The summed E-state index contributed by atoms with van der Waals surface area (Å²) in [6.45, 7) is 5.22. The first kappa shape index (κ1) is 21.2. The van der Waals surface area contributed by atoms with Crippen LogP contribution in [0.5, 0.6) is 5.75 Å². The second kappa shape index (κ2) is 11.6. The van der Waals surface area contributed by atoms with Crippen LogP contribution >= 0.6 is 0 Å². The van der Waals surface area contributed by atoms with E-state index < -0.39 is 12.7 Å². The lowest BCUT2D eigenvalue weighted by Gasteiger charge is -2.14. The van der Waals surface area contributed by atoms with Gasteiger partial charge < -0.3 is 20.5 Å². The number of rotatable bonds is 10. The van der Waals surface area contributed by atoms with Crippen LogP contribution in [0, 0.1) is 5.92 Å². The second-order valence-electron chi connectivity index (χ2n) is 6.15. The topological polar surface area (TPSA) is 65.9 Å². The second-order valence-corrected chi connectivity index (χ2v) is 6.15. The lowest BCUT2D eigenvalue weighted by atomic mass is 10.1. The van der Waals surface area contributed by atoms with Gasteiger partial charge in [0.1, 0.15) is 5.75 Å². The molecule has 1 aromatic carbocycles. The number of ether oxygens (including phenoxy) is 1. The molecule has 0 spiro atoms. The lowest BCUT2D eigenvalue weighted by Crippen LogP contribution is -2.38. The zero-order valence-electron chi connectivity index (χ0n) is 15.1. The van der Waals surface area contributed by atoms with Crippen LogP contribution in [0.3, 0.4) is 0 Å². The number of nitrogens with one attached hydrogen (secondary N) is 2. The maximum absolute atomic E-state index is 12.1. The van der Waals surface area contributed by atoms with Crippen molar-refractivity contribution < 1.29 is 18.6 Å². The summed E-state index contributed by atoms with van der Waals surface area (Å²) in [6, 6.07) is 5.93. The largest absolute Gasteiger partial charge is 0.435 e. The van der Waals surface area contributed by atoms with Gasteiger partial charge in [-0.15, -0.1) is 0 Å². The van der Waals surface area contributed by atoms with Gasteiger partial charge >= 0.3 is 6.61 Å². The highest BCUT2D eigenvalue weighted by molar-refractivity contribution is 5.79. The standard InChI is InChI=1S/C18H29F2N3O2/c1-4-21-18(22-11-5-6-13(2)3)23-12-16(24)14-7-9-15(10-8-14)25-17(19)20/h7-10,13,16-17,24H,4-6,11-12H2,1-3H3,(H2,21,22,23). The summed E-state index contributed by atoms with van der Waals surface area (Å²) in [4.78, 5) is 4.37. The van der Waals surface area contributed by atoms with Gasteiger partial charge in [-0.1, -0.05) is 26.0 Å². The summed E-state index contributed by atoms with van der Waals surface area (Å²) < 4.78 is 28.5. The quantitative estimate of drug-likeness (QED) is 0.341. The van der Waals surface area contributed by atoms with E-state index in [4.69, 9.17) is 0 Å². The number of aliphatic hydroxyl groups excluding tert-OH is 1. The van der Waals surface area contributed by atoms with Gasteiger partial charge in [-0.25, -0.2) is 0 Å². The number of nitrogens with zero attached hydrogens (tertiary/aromatic N) is 1. The van der Waals surface area contributed by atoms with E-state index in [1.165, 1.54) is 12.1 Å². The van der Waals surface area contributed by atoms with Gasteiger partial charge in [0.2, 0.25) is 0 Å². The Bertz CT molecular complexity index is 508. The number of halogens is 2. The summed E-state index contributed by atoms with van der Waals surface area (Å²) in [6.07, 6.45) is 1.38. The number of hydrogen-bond donors (Lipinski definition) is 3. The van der Waals surface area contributed by atoms with Gasteiger partial charge in [0, 0.05) is 13.1 Å². The van der Waals surface area contributed by atoms with Crippen molar-refractivity contribution in [1.29, 1.82) is 0 Å². The third-order valence-electron chi connectivity index (χ3n) is 3.51. The van der Waals surface area contributed by atoms with Crippen LogP contribution in [0.4, 0.5) is 8.78 Å². The molecule has 3 N–H and O–H groups in total. The predicted octanol–water partition coefficient (Wildman–Crippen LogP) is 3.31. The van der Waals surface area contributed by atoms with Crippen LogP contribution in [-0.2, 0) is 0 Å². The summed E-state index contributed by atoms with van der Waals surface area (Å²) in [7, 11) is 0. The zero-order chi connectivity index (χ0) is 18.7. The first-order chi connectivity index (χ1) is 11.9. The molecule has 1 rings (SSSR count). The summed E-state index contributed by atoms with van der Waals surface area (Å²) in [5, 5.41) is 16.6. The molecule has 0 saturated carbocycles. The Morgan fingerprint density at radius 3 is 2.44 bits per heavy atom. The molecule has 1 unspecified atom stereocenters. The fourth-order valence-electron chi connectivity index (χ4n) is 2.21. The van der Waals surface area contributed by atoms with Crippen molar-refractivity contribution in [3.05, 3.63) is 29.8 Å². The highest BCUT2D eigenvalue weighted by Gasteiger charge is 2.09. The average molecular weight is 357 g/mol. The predicted molar refractivity (Wildman–Crippen MR) is 96.1 cm³/mol. The van der Waals surface area contributed by atoms with Crippen molar-refractivity contribution >= 4 is 5.96 Å². The molecule has 0 amide bonds. The molecule has 0 aliphatic heterocycles. The average Bonchev–Trinajstić information content (AvgIpc) is 2.56. The molecule has 0 aromatic heterocycles. The fraction of sp³-hybridized carbons (Fsp3) is 0.611. The number of guanidine groups is 1. The Balaban J connectivity index is 2.53. The molecule has 0 heterocycles. The Kier molecular flexibility index (Phi) is 9.84. The van der Waals surface area contributed by atoms with Crippen molar-refractivity contribution in [2.24, 2.45) is 10.9 Å². The molecule has 0 aliphatic carbocycles. The highest BCUT2D eigenvalue weighted by Crippen LogP contribution is 2.19. The van der Waals surface area contributed by atoms with Crippen molar-refractivity contribution in [2.75, 3.05) is 19.6 Å². The molecule has 0 saturated heterocycles. The minimum Gasteiger partial charge on any atom is -0.435 e. The first-order valence-electron chi connectivity index (χ1n) is 8.67. The van der Waals surface area contributed by atoms with E-state index in [2.05, 4.69) is 34.2 Å². The van der Waals surface area contributed by atoms with Crippen molar-refractivity contribution in [3.63, 3.8) is 0 Å². The molecule has 0 aliphatic rings. The summed E-state index contributed by atoms with van der Waals surface area (Å²) in [5.41, 5.74) is 0.598. The summed E-state index contributed by atoms with van der Waals surface area (Å²) >= 11 is 0. The fourth-order valence-corrected chi connectivity index (χ4v) is 2.21. The third kappa shape index (κ3) is 9.24. The Labute approximate surface area is 148 Å². The smallest absolute Gasteiger partial charge is 0.387 e. The minimum absolute atomic E-state index is 0.0645. The van der Waals surface area contributed by atoms with E-state index in [1.54, 1.807) is 12.1 Å². The zero-order valence-corrected chi connectivity index (χ0v) is 15.1. The van der Waals surface area contributed by atoms with Crippen molar-refractivity contribution in [1.82, 2.24) is 10.6 Å². The molecule has 1 aromatic rings. The number of alkyl halides is 2. The molecular weight excluding hydrogens is 328 g/mol. The molecular formula is C18H29F2N3O2. The van der Waals surface area contributed by atoms with Crippen molar-refractivity contribution in [3.8, 4) is 5.75 Å². The van der Waals surface area contributed by atoms with Gasteiger partial charge in [-0.2, -0.15) is 8.78 Å². The lowest BCUT2D eigenvalue weighted by molar-refractivity contribution is -0.0498. The number of aliphatic imine (C=N–C) groups is 1. The maximum atomic E-state index is 12.1. The SMILES string of the molecule is CCNC(=NCC(O)c1ccc(OC(F)F)cc1)NCCCC(C)C. The van der Waals surface area contributed by atoms with E-state index in [0.29, 0.717) is 17.4 Å². The van der Waals surface area contributed by atoms with Gasteiger partial charge in [0.05, 0.1) is 12.6 Å². The Hall–Kier alpha value is -1.89. The van der Waals surface area contributed by atoms with Crippen LogP contribution in [0.1, 0.15) is 45.3 Å². The van der Waals surface area contributed by atoms with E-state index >= 15 is 0 Å². The van der Waals surface area contributed by atoms with Gasteiger partial charge in [0.25, 0.3) is 0 Å². The molecule has 25 heavy (non-hydrogen) atoms. The number of benzene rings is 1. The Morgan fingerprint density at radius 2 is 1.88 bits per heavy atom. The highest BCUT2D eigenvalue weighted by atomic mass is 19.3. The molecule has 0 radical (unpaired) electrons. The van der Waals surface area contributed by atoms with Crippen molar-refractivity contribution in [2.45, 2.75) is 46.3 Å². The number of hydrogen-bond acceptors (Lipinski definition) is 3. The first-order valence-corrected chi connectivity index (χ1v) is 8.67. The van der Waals surface area contributed by atoms with Gasteiger partial charge in [-0.05, 0) is 43.4 Å². The normalized spacial score (nSPS) is 13.2. The molecule has 1 atom stereocenters. The van der Waals surface area contributed by atoms with Gasteiger partial charge in [-0.3, -0.25) is 4.99 Å². The Morgan fingerprint density at radius 1 is 1.20 bits per heavy atom. The van der Waals surface area contributed by atoms with E-state index in [0.717, 1.165) is 25.9 Å². The van der Waals surface area contributed by atoms with Crippen LogP contribution in [0.2, 0.25) is 0 Å². The summed E-state index contributed by atoms with van der Waals surface area (Å²) in [5.74, 6) is 1.39. The molecule has 5 nitrogen and oxygen atoms in total. The number of aliphatic hydroxyl groups is 1. The maximum Gasteiger partial charge on any atom is 0.387 e. The third-order valence-corrected chi connectivity index (χ3v) is 3.51. The molecule has 142 valence electrons. The minimum atomic E-state index is -2.86. The molecule has 0 fully saturated rings. The van der Waals surface area contributed by atoms with E-state index in [1.807, 2.05) is 6.92 Å². The van der Waals surface area contributed by atoms with Gasteiger partial charge in [0.15, 0.2) is 5.96 Å². The molecule has 7 heteroatoms. The van der Waals surface area contributed by atoms with Crippen LogP contribution in [0.15, 0.2) is 29.3 Å². The van der Waals surface area contributed by atoms with Crippen LogP contribution in [0.25, 0.3) is 0 Å². The molecule has 0 bridgehead atoms. The monoisotopic (exact) mass is 357 g/mol. The van der Waals surface area contributed by atoms with Crippen LogP contribution in [-0.4, -0.2) is 37.3 Å².